The number of urea groups is 1. The molecule has 0 aliphatic rings. The summed E-state index contributed by atoms with van der Waals surface area (Å²) in [6, 6.07) is 3.49. The fraction of sp³-hybridized carbons (Fsp3) is 0.562. The van der Waals surface area contributed by atoms with Crippen LogP contribution in [0.5, 0.6) is 0 Å². The number of rotatable bonds is 8. The highest BCUT2D eigenvalue weighted by atomic mass is 19.2. The number of nitrogens with one attached hydrogen (secondary N) is 2. The number of hydrogen-bond donors (Lipinski definition) is 3. The molecule has 0 aromatic heterocycles. The number of aliphatic hydroxyl groups is 1. The Bertz CT molecular complexity index is 483. The number of hydrogen-bond acceptors (Lipinski definition) is 2. The van der Waals surface area contributed by atoms with Crippen molar-refractivity contribution in [2.24, 2.45) is 5.92 Å². The maximum atomic E-state index is 13.1. The van der Waals surface area contributed by atoms with E-state index in [4.69, 9.17) is 5.11 Å². The van der Waals surface area contributed by atoms with E-state index < -0.39 is 11.6 Å². The van der Waals surface area contributed by atoms with Crippen LogP contribution in [0.25, 0.3) is 0 Å². The zero-order chi connectivity index (χ0) is 16.5. The quantitative estimate of drug-likeness (QED) is 0.691. The van der Waals surface area contributed by atoms with Gasteiger partial charge in [-0.1, -0.05) is 13.0 Å². The SMILES string of the molecule is CC(CCO)CNC(=O)NC(C)CCc1ccc(F)c(F)c1. The van der Waals surface area contributed by atoms with Crippen molar-refractivity contribution in [1.82, 2.24) is 10.6 Å². The van der Waals surface area contributed by atoms with Crippen LogP contribution < -0.4 is 10.6 Å². The van der Waals surface area contributed by atoms with E-state index in [9.17, 15) is 13.6 Å². The first-order valence-electron chi connectivity index (χ1n) is 7.51. The van der Waals surface area contributed by atoms with Gasteiger partial charge in [-0.25, -0.2) is 13.6 Å². The molecule has 0 saturated carbocycles. The van der Waals surface area contributed by atoms with Gasteiger partial charge in [-0.3, -0.25) is 0 Å². The molecule has 0 fully saturated rings. The van der Waals surface area contributed by atoms with Gasteiger partial charge in [-0.2, -0.15) is 0 Å². The second kappa shape index (κ2) is 9.35. The summed E-state index contributed by atoms with van der Waals surface area (Å²) in [6.07, 6.45) is 1.83. The van der Waals surface area contributed by atoms with Gasteiger partial charge < -0.3 is 15.7 Å². The molecule has 0 aliphatic heterocycles. The first kappa shape index (κ1) is 18.4. The highest BCUT2D eigenvalue weighted by Gasteiger charge is 2.09. The molecule has 2 unspecified atom stereocenters. The van der Waals surface area contributed by atoms with E-state index in [-0.39, 0.29) is 24.6 Å². The van der Waals surface area contributed by atoms with Gasteiger partial charge in [0, 0.05) is 19.2 Å². The van der Waals surface area contributed by atoms with E-state index in [2.05, 4.69) is 10.6 Å². The van der Waals surface area contributed by atoms with Gasteiger partial charge in [0.15, 0.2) is 11.6 Å². The number of aliphatic hydroxyl groups excluding tert-OH is 1. The molecule has 0 saturated heterocycles. The van der Waals surface area contributed by atoms with Crippen molar-refractivity contribution in [2.45, 2.75) is 39.2 Å². The molecule has 1 aromatic rings. The Balaban J connectivity index is 2.28. The van der Waals surface area contributed by atoms with Crippen LogP contribution in [-0.2, 0) is 6.42 Å². The molecule has 2 amide bonds. The molecular weight excluding hydrogens is 290 g/mol. The lowest BCUT2D eigenvalue weighted by Gasteiger charge is -2.16. The third kappa shape index (κ3) is 6.85. The van der Waals surface area contributed by atoms with Gasteiger partial charge in [0.2, 0.25) is 0 Å². The van der Waals surface area contributed by atoms with E-state index in [1.165, 1.54) is 6.07 Å². The lowest BCUT2D eigenvalue weighted by molar-refractivity contribution is 0.230. The topological polar surface area (TPSA) is 61.4 Å². The molecule has 0 aliphatic carbocycles. The smallest absolute Gasteiger partial charge is 0.315 e. The molecule has 0 heterocycles. The van der Waals surface area contributed by atoms with Crippen molar-refractivity contribution in [2.75, 3.05) is 13.2 Å². The second-order valence-corrected chi connectivity index (χ2v) is 5.66. The first-order chi connectivity index (χ1) is 10.4. The molecule has 4 nitrogen and oxygen atoms in total. The third-order valence-corrected chi connectivity index (χ3v) is 3.46. The summed E-state index contributed by atoms with van der Waals surface area (Å²) < 4.78 is 25.9. The van der Waals surface area contributed by atoms with Crippen LogP contribution in [0.15, 0.2) is 18.2 Å². The van der Waals surface area contributed by atoms with Crippen LogP contribution in [0.1, 0.15) is 32.3 Å². The van der Waals surface area contributed by atoms with Crippen molar-refractivity contribution in [3.8, 4) is 0 Å². The van der Waals surface area contributed by atoms with Gasteiger partial charge >= 0.3 is 6.03 Å². The molecular formula is C16H24F2N2O2. The maximum absolute atomic E-state index is 13.1. The van der Waals surface area contributed by atoms with E-state index in [1.54, 1.807) is 6.07 Å². The van der Waals surface area contributed by atoms with Gasteiger partial charge in [-0.05, 0) is 49.8 Å². The lowest BCUT2D eigenvalue weighted by atomic mass is 10.1. The normalized spacial score (nSPS) is 13.5. The summed E-state index contributed by atoms with van der Waals surface area (Å²) in [5, 5.41) is 14.3. The summed E-state index contributed by atoms with van der Waals surface area (Å²) in [5.41, 5.74) is 0.699. The van der Waals surface area contributed by atoms with Crippen LogP contribution in [0, 0.1) is 17.6 Å². The van der Waals surface area contributed by atoms with Gasteiger partial charge in [0.25, 0.3) is 0 Å². The van der Waals surface area contributed by atoms with Crippen molar-refractivity contribution in [3.05, 3.63) is 35.4 Å². The van der Waals surface area contributed by atoms with Crippen LogP contribution in [0.3, 0.4) is 0 Å². The predicted octanol–water partition coefficient (Wildman–Crippen LogP) is 2.60. The van der Waals surface area contributed by atoms with Crippen molar-refractivity contribution in [1.29, 1.82) is 0 Å². The Labute approximate surface area is 129 Å². The highest BCUT2D eigenvalue weighted by molar-refractivity contribution is 5.74. The molecule has 0 spiro atoms. The second-order valence-electron chi connectivity index (χ2n) is 5.66. The van der Waals surface area contributed by atoms with E-state index in [1.807, 2.05) is 13.8 Å². The summed E-state index contributed by atoms with van der Waals surface area (Å²) in [7, 11) is 0. The zero-order valence-corrected chi connectivity index (χ0v) is 13.0. The molecule has 6 heteroatoms. The molecule has 1 rings (SSSR count). The first-order valence-corrected chi connectivity index (χ1v) is 7.51. The average Bonchev–Trinajstić information content (AvgIpc) is 2.47. The Kier molecular flexibility index (Phi) is 7.80. The molecule has 124 valence electrons. The van der Waals surface area contributed by atoms with Gasteiger partial charge in [0.1, 0.15) is 0 Å². The Morgan fingerprint density at radius 3 is 2.59 bits per heavy atom. The molecule has 2 atom stereocenters. The number of carbonyl (C=O) groups is 1. The minimum Gasteiger partial charge on any atom is -0.396 e. The standard InChI is InChI=1S/C16H24F2N2O2/c1-11(7-8-21)10-19-16(22)20-12(2)3-4-13-5-6-14(17)15(18)9-13/h5-6,9,11-12,21H,3-4,7-8,10H2,1-2H3,(H2,19,20,22). The molecule has 3 N–H and O–H groups in total. The fourth-order valence-corrected chi connectivity index (χ4v) is 2.01. The molecule has 0 radical (unpaired) electrons. The largest absolute Gasteiger partial charge is 0.396 e. The highest BCUT2D eigenvalue weighted by Crippen LogP contribution is 2.11. The number of amides is 2. The number of halogens is 2. The molecule has 0 bridgehead atoms. The minimum atomic E-state index is -0.855. The summed E-state index contributed by atoms with van der Waals surface area (Å²) in [6.45, 7) is 4.41. The van der Waals surface area contributed by atoms with E-state index in [0.717, 1.165) is 6.07 Å². The van der Waals surface area contributed by atoms with Crippen LogP contribution in [-0.4, -0.2) is 30.3 Å². The van der Waals surface area contributed by atoms with Crippen LogP contribution in [0.4, 0.5) is 13.6 Å². The minimum absolute atomic E-state index is 0.0822. The lowest BCUT2D eigenvalue weighted by Crippen LogP contribution is -2.42. The van der Waals surface area contributed by atoms with Crippen molar-refractivity contribution < 1.29 is 18.7 Å². The predicted molar refractivity (Wildman–Crippen MR) is 81.5 cm³/mol. The Morgan fingerprint density at radius 2 is 1.95 bits per heavy atom. The number of aryl methyl sites for hydroxylation is 1. The van der Waals surface area contributed by atoms with E-state index >= 15 is 0 Å². The summed E-state index contributed by atoms with van der Waals surface area (Å²) in [5.74, 6) is -1.49. The number of carbonyl (C=O) groups excluding carboxylic acids is 1. The monoisotopic (exact) mass is 314 g/mol. The third-order valence-electron chi connectivity index (χ3n) is 3.46. The van der Waals surface area contributed by atoms with E-state index in [0.29, 0.717) is 31.4 Å². The fourth-order valence-electron chi connectivity index (χ4n) is 2.01. The number of benzene rings is 1. The Morgan fingerprint density at radius 1 is 1.23 bits per heavy atom. The van der Waals surface area contributed by atoms with Crippen LogP contribution >= 0.6 is 0 Å². The molecule has 22 heavy (non-hydrogen) atoms. The summed E-state index contributed by atoms with van der Waals surface area (Å²) in [4.78, 5) is 11.7. The average molecular weight is 314 g/mol. The van der Waals surface area contributed by atoms with Crippen molar-refractivity contribution in [3.63, 3.8) is 0 Å². The molecule has 1 aromatic carbocycles. The maximum Gasteiger partial charge on any atom is 0.315 e. The summed E-state index contributed by atoms with van der Waals surface area (Å²) >= 11 is 0. The van der Waals surface area contributed by atoms with Gasteiger partial charge in [0.05, 0.1) is 0 Å². The Hall–Kier alpha value is -1.69. The van der Waals surface area contributed by atoms with Crippen molar-refractivity contribution >= 4 is 6.03 Å². The van der Waals surface area contributed by atoms with Gasteiger partial charge in [-0.15, -0.1) is 0 Å². The van der Waals surface area contributed by atoms with Crippen LogP contribution in [0.2, 0.25) is 0 Å². The zero-order valence-electron chi connectivity index (χ0n) is 13.0.